The topological polar surface area (TPSA) is 122 Å². The predicted octanol–water partition coefficient (Wildman–Crippen LogP) is -3.29. The van der Waals surface area contributed by atoms with E-state index in [0.29, 0.717) is 0 Å². The Balaban J connectivity index is 2.63. The number of hydrogen-bond donors (Lipinski definition) is 5. The molecule has 6 nitrogen and oxygen atoms in total. The fourth-order valence-electron chi connectivity index (χ4n) is 1.16. The van der Waals surface area contributed by atoms with Crippen molar-refractivity contribution in [1.29, 1.82) is 0 Å². The van der Waals surface area contributed by atoms with Gasteiger partial charge in [-0.1, -0.05) is 0 Å². The lowest BCUT2D eigenvalue weighted by Gasteiger charge is -2.38. The maximum absolute atomic E-state index is 9.28. The molecule has 0 bridgehead atoms. The average Bonchev–Trinajstić information content (AvgIpc) is 2.08. The second-order valence-electron chi connectivity index (χ2n) is 2.86. The van der Waals surface area contributed by atoms with Crippen LogP contribution in [-0.2, 0) is 4.74 Å². The molecule has 72 valence electrons. The highest BCUT2D eigenvalue weighted by atomic mass is 16.6. The van der Waals surface area contributed by atoms with Crippen molar-refractivity contribution in [1.82, 2.24) is 0 Å². The van der Waals surface area contributed by atoms with Crippen LogP contribution < -0.4 is 11.5 Å². The van der Waals surface area contributed by atoms with E-state index in [9.17, 15) is 10.2 Å². The lowest BCUT2D eigenvalue weighted by molar-refractivity contribution is -0.238. The first-order valence-electron chi connectivity index (χ1n) is 3.73. The summed E-state index contributed by atoms with van der Waals surface area (Å²) in [6.45, 7) is 0.0298. The summed E-state index contributed by atoms with van der Waals surface area (Å²) in [4.78, 5) is 0. The van der Waals surface area contributed by atoms with Gasteiger partial charge in [-0.05, 0) is 0 Å². The molecule has 0 amide bonds. The molecular formula is C6H14N2O4. The first kappa shape index (κ1) is 9.85. The molecule has 2 unspecified atom stereocenters. The molecule has 12 heavy (non-hydrogen) atoms. The molecule has 0 aromatic rings. The van der Waals surface area contributed by atoms with Crippen LogP contribution in [0.15, 0.2) is 0 Å². The van der Waals surface area contributed by atoms with Gasteiger partial charge < -0.3 is 31.5 Å². The second-order valence-corrected chi connectivity index (χ2v) is 2.86. The van der Waals surface area contributed by atoms with Gasteiger partial charge in [0, 0.05) is 6.54 Å². The summed E-state index contributed by atoms with van der Waals surface area (Å²) < 4.78 is 4.83. The molecule has 0 spiro atoms. The van der Waals surface area contributed by atoms with E-state index in [0.717, 1.165) is 0 Å². The van der Waals surface area contributed by atoms with Crippen LogP contribution in [0.2, 0.25) is 0 Å². The average molecular weight is 178 g/mol. The third-order valence-corrected chi connectivity index (χ3v) is 2.00. The van der Waals surface area contributed by atoms with Crippen molar-refractivity contribution in [3.63, 3.8) is 0 Å². The normalized spacial score (nSPS) is 49.2. The predicted molar refractivity (Wildman–Crippen MR) is 39.9 cm³/mol. The molecule has 0 radical (unpaired) electrons. The van der Waals surface area contributed by atoms with Crippen LogP contribution in [0.5, 0.6) is 0 Å². The van der Waals surface area contributed by atoms with Crippen LogP contribution in [0.3, 0.4) is 0 Å². The van der Waals surface area contributed by atoms with Crippen molar-refractivity contribution in [2.75, 3.05) is 6.54 Å². The summed E-state index contributed by atoms with van der Waals surface area (Å²) in [6.07, 6.45) is -4.34. The molecule has 1 heterocycles. The van der Waals surface area contributed by atoms with Crippen molar-refractivity contribution < 1.29 is 20.1 Å². The zero-order valence-electron chi connectivity index (χ0n) is 6.50. The fraction of sp³-hybridized carbons (Fsp3) is 1.00. The standard InChI is InChI=1S/C6H14N2O4/c7-1-2-4(9)5(10)3(8)6(11)12-2/h2-6,9-11H,1,7-8H2/t2?,3?,4-,5-,6+/m1/s1. The van der Waals surface area contributed by atoms with Crippen molar-refractivity contribution >= 4 is 0 Å². The zero-order valence-corrected chi connectivity index (χ0v) is 6.50. The SMILES string of the molecule is NCC1O[C@H](O)C(N)[C@@H](O)[C@@H]1O. The van der Waals surface area contributed by atoms with Gasteiger partial charge in [-0.25, -0.2) is 0 Å². The number of aliphatic hydroxyl groups excluding tert-OH is 3. The van der Waals surface area contributed by atoms with E-state index in [1.807, 2.05) is 0 Å². The fourth-order valence-corrected chi connectivity index (χ4v) is 1.16. The Labute approximate surface area is 69.7 Å². The van der Waals surface area contributed by atoms with Gasteiger partial charge in [-0.2, -0.15) is 0 Å². The molecule has 0 aromatic carbocycles. The largest absolute Gasteiger partial charge is 0.388 e. The smallest absolute Gasteiger partial charge is 0.172 e. The highest BCUT2D eigenvalue weighted by Crippen LogP contribution is 2.17. The molecule has 1 rings (SSSR count). The Hall–Kier alpha value is -0.240. The van der Waals surface area contributed by atoms with E-state index >= 15 is 0 Å². The summed E-state index contributed by atoms with van der Waals surface area (Å²) in [7, 11) is 0. The number of nitrogens with two attached hydrogens (primary N) is 2. The molecule has 5 atom stereocenters. The van der Waals surface area contributed by atoms with Gasteiger partial charge in [0.1, 0.15) is 18.3 Å². The van der Waals surface area contributed by atoms with E-state index < -0.39 is 30.6 Å². The number of aliphatic hydroxyl groups is 3. The highest BCUT2D eigenvalue weighted by molar-refractivity contribution is 4.91. The van der Waals surface area contributed by atoms with Crippen LogP contribution in [0.1, 0.15) is 0 Å². The van der Waals surface area contributed by atoms with Gasteiger partial charge >= 0.3 is 0 Å². The van der Waals surface area contributed by atoms with Crippen molar-refractivity contribution in [2.24, 2.45) is 11.5 Å². The Bertz CT molecular complexity index is 152. The summed E-state index contributed by atoms with van der Waals surface area (Å²) in [6, 6.07) is -0.984. The summed E-state index contributed by atoms with van der Waals surface area (Å²) >= 11 is 0. The molecule has 0 aliphatic carbocycles. The lowest BCUT2D eigenvalue weighted by atomic mass is 9.98. The van der Waals surface area contributed by atoms with Crippen LogP contribution in [-0.4, -0.2) is 52.5 Å². The Morgan fingerprint density at radius 2 is 1.75 bits per heavy atom. The molecule has 0 aromatic heterocycles. The maximum Gasteiger partial charge on any atom is 0.172 e. The van der Waals surface area contributed by atoms with Crippen LogP contribution >= 0.6 is 0 Å². The molecule has 1 saturated heterocycles. The van der Waals surface area contributed by atoms with Crippen LogP contribution in [0, 0.1) is 0 Å². The first-order valence-corrected chi connectivity index (χ1v) is 3.73. The number of hydrogen-bond acceptors (Lipinski definition) is 6. The number of ether oxygens (including phenoxy) is 1. The maximum atomic E-state index is 9.28. The molecule has 6 heteroatoms. The van der Waals surface area contributed by atoms with E-state index in [1.165, 1.54) is 0 Å². The minimum Gasteiger partial charge on any atom is -0.388 e. The van der Waals surface area contributed by atoms with Crippen molar-refractivity contribution in [3.05, 3.63) is 0 Å². The summed E-state index contributed by atoms with van der Waals surface area (Å²) in [5.41, 5.74) is 10.5. The third kappa shape index (κ3) is 1.58. The monoisotopic (exact) mass is 178 g/mol. The lowest BCUT2D eigenvalue weighted by Crippen LogP contribution is -2.62. The van der Waals surface area contributed by atoms with Crippen LogP contribution in [0.4, 0.5) is 0 Å². The Morgan fingerprint density at radius 1 is 1.17 bits per heavy atom. The van der Waals surface area contributed by atoms with E-state index in [2.05, 4.69) is 0 Å². The van der Waals surface area contributed by atoms with Crippen molar-refractivity contribution in [2.45, 2.75) is 30.6 Å². The van der Waals surface area contributed by atoms with E-state index in [-0.39, 0.29) is 6.54 Å². The van der Waals surface area contributed by atoms with Gasteiger partial charge in [0.15, 0.2) is 6.29 Å². The molecule has 7 N–H and O–H groups in total. The molecular weight excluding hydrogens is 164 g/mol. The van der Waals surface area contributed by atoms with Gasteiger partial charge in [0.2, 0.25) is 0 Å². The Morgan fingerprint density at radius 3 is 2.25 bits per heavy atom. The Kier molecular flexibility index (Phi) is 2.99. The molecule has 1 aliphatic rings. The molecule has 1 aliphatic heterocycles. The minimum absolute atomic E-state index is 0.0298. The minimum atomic E-state index is -1.27. The summed E-state index contributed by atoms with van der Waals surface area (Å²) in [5, 5.41) is 27.6. The van der Waals surface area contributed by atoms with E-state index in [4.69, 9.17) is 21.3 Å². The highest BCUT2D eigenvalue weighted by Gasteiger charge is 2.41. The molecule has 0 saturated carbocycles. The quantitative estimate of drug-likeness (QED) is 0.287. The first-order chi connectivity index (χ1) is 5.57. The van der Waals surface area contributed by atoms with Gasteiger partial charge in [0.25, 0.3) is 0 Å². The number of rotatable bonds is 1. The van der Waals surface area contributed by atoms with Crippen molar-refractivity contribution in [3.8, 4) is 0 Å². The van der Waals surface area contributed by atoms with Gasteiger partial charge in [-0.3, -0.25) is 0 Å². The summed E-state index contributed by atoms with van der Waals surface area (Å²) in [5.74, 6) is 0. The van der Waals surface area contributed by atoms with Gasteiger partial charge in [-0.15, -0.1) is 0 Å². The molecule has 1 fully saturated rings. The third-order valence-electron chi connectivity index (χ3n) is 2.00. The van der Waals surface area contributed by atoms with Gasteiger partial charge in [0.05, 0.1) is 6.04 Å². The van der Waals surface area contributed by atoms with Crippen LogP contribution in [0.25, 0.3) is 0 Å². The van der Waals surface area contributed by atoms with E-state index in [1.54, 1.807) is 0 Å². The second kappa shape index (κ2) is 3.65. The zero-order chi connectivity index (χ0) is 9.30.